The highest BCUT2D eigenvalue weighted by Gasteiger charge is 2.30. The summed E-state index contributed by atoms with van der Waals surface area (Å²) in [5.41, 5.74) is 4.04. The number of amides is 2. The fourth-order valence-electron chi connectivity index (χ4n) is 3.96. The molecule has 2 aliphatic rings. The Labute approximate surface area is 199 Å². The number of aromatic nitrogens is 2. The molecule has 8 heteroatoms. The van der Waals surface area contributed by atoms with E-state index in [4.69, 9.17) is 0 Å². The Kier molecular flexibility index (Phi) is 6.68. The van der Waals surface area contributed by atoms with Crippen LogP contribution in [0.3, 0.4) is 0 Å². The average Bonchev–Trinajstić information content (AvgIpc) is 3.65. The third-order valence-corrected chi connectivity index (χ3v) is 5.99. The molecule has 3 aromatic rings. The van der Waals surface area contributed by atoms with E-state index in [1.165, 1.54) is 6.07 Å². The first kappa shape index (κ1) is 23.5. The number of hydrogen-bond acceptors (Lipinski definition) is 4. The highest BCUT2D eigenvalue weighted by molar-refractivity contribution is 6.08. The van der Waals surface area contributed by atoms with Gasteiger partial charge in [0, 0.05) is 36.2 Å². The fourth-order valence-corrected chi connectivity index (χ4v) is 3.96. The first-order chi connectivity index (χ1) is 16.4. The molecule has 1 aliphatic heterocycles. The zero-order chi connectivity index (χ0) is 24.4. The molecule has 178 valence electrons. The quantitative estimate of drug-likeness (QED) is 0.581. The topological polar surface area (TPSA) is 79.3 Å². The minimum absolute atomic E-state index is 0.0409. The van der Waals surface area contributed by atoms with Crippen molar-refractivity contribution in [1.82, 2.24) is 15.1 Å². The Balaban J connectivity index is 0.00000133. The highest BCUT2D eigenvalue weighted by Crippen LogP contribution is 2.37. The van der Waals surface area contributed by atoms with Gasteiger partial charge in [0.05, 0.1) is 24.1 Å². The lowest BCUT2D eigenvalue weighted by Gasteiger charge is -2.23. The Bertz CT molecular complexity index is 1230. The van der Waals surface area contributed by atoms with Crippen molar-refractivity contribution in [3.63, 3.8) is 0 Å². The number of nitrogens with zero attached hydrogens (tertiary/aromatic N) is 3. The van der Waals surface area contributed by atoms with Gasteiger partial charge in [-0.3, -0.25) is 14.3 Å². The van der Waals surface area contributed by atoms with E-state index in [0.717, 1.165) is 41.2 Å². The van der Waals surface area contributed by atoms with Crippen LogP contribution in [0.4, 0.5) is 21.6 Å². The van der Waals surface area contributed by atoms with Gasteiger partial charge >= 0.3 is 0 Å². The number of nitrogens with one attached hydrogen (secondary N) is 2. The largest absolute Gasteiger partial charge is 0.352 e. The van der Waals surface area contributed by atoms with Crippen LogP contribution in [0.25, 0.3) is 0 Å². The second kappa shape index (κ2) is 9.67. The molecular weight excluding hydrogens is 433 g/mol. The van der Waals surface area contributed by atoms with E-state index in [-0.39, 0.29) is 29.8 Å². The molecule has 5 rings (SSSR count). The second-order valence-corrected chi connectivity index (χ2v) is 8.48. The molecule has 1 aromatic heterocycles. The smallest absolute Gasteiger partial charge is 0.258 e. The van der Waals surface area contributed by atoms with Crippen molar-refractivity contribution in [2.75, 3.05) is 10.2 Å². The number of anilines is 3. The molecule has 0 bridgehead atoms. The van der Waals surface area contributed by atoms with Crippen LogP contribution >= 0.6 is 0 Å². The van der Waals surface area contributed by atoms with Gasteiger partial charge in [-0.15, -0.1) is 0 Å². The van der Waals surface area contributed by atoms with Crippen molar-refractivity contribution in [1.29, 1.82) is 0 Å². The highest BCUT2D eigenvalue weighted by atomic mass is 19.1. The van der Waals surface area contributed by atoms with E-state index in [1.807, 2.05) is 46.0 Å². The molecule has 2 aromatic carbocycles. The van der Waals surface area contributed by atoms with Gasteiger partial charge < -0.3 is 15.5 Å². The molecule has 0 radical (unpaired) electrons. The van der Waals surface area contributed by atoms with Gasteiger partial charge in [-0.2, -0.15) is 5.10 Å². The van der Waals surface area contributed by atoms with Gasteiger partial charge in [-0.05, 0) is 49.6 Å². The van der Waals surface area contributed by atoms with Gasteiger partial charge in [0.15, 0.2) is 0 Å². The number of rotatable bonds is 4. The average molecular weight is 464 g/mol. The zero-order valence-electron chi connectivity index (χ0n) is 20.0. The molecule has 2 amide bonds. The van der Waals surface area contributed by atoms with Crippen LogP contribution in [0, 0.1) is 18.7 Å². The summed E-state index contributed by atoms with van der Waals surface area (Å²) in [4.78, 5) is 27.0. The standard InChI is InChI=1S/C24H24FN5O2.C2H6/c1-14-3-8-21-20(9-14)28-22-18(12-27-29(22)2)13-30(21)24(32)16-6-7-17(19(25)10-16)11-26-23(31)15-4-5-15;1-2/h3,6-10,12,15,28H,4-5,11,13H2,1-2H3,(H,26,31);1-2H3. The van der Waals surface area contributed by atoms with Crippen molar-refractivity contribution >= 4 is 29.0 Å². The summed E-state index contributed by atoms with van der Waals surface area (Å²) in [7, 11) is 1.84. The molecule has 0 atom stereocenters. The summed E-state index contributed by atoms with van der Waals surface area (Å²) in [5, 5.41) is 10.4. The number of carbonyl (C=O) groups is 2. The summed E-state index contributed by atoms with van der Waals surface area (Å²) >= 11 is 0. The van der Waals surface area contributed by atoms with Gasteiger partial charge in [0.25, 0.3) is 5.91 Å². The molecule has 2 heterocycles. The molecule has 0 unspecified atom stereocenters. The van der Waals surface area contributed by atoms with Crippen LogP contribution < -0.4 is 15.5 Å². The number of carbonyl (C=O) groups excluding carboxylic acids is 2. The molecule has 1 saturated carbocycles. The Morgan fingerprint density at radius 1 is 1.18 bits per heavy atom. The van der Waals surface area contributed by atoms with E-state index in [1.54, 1.807) is 27.9 Å². The summed E-state index contributed by atoms with van der Waals surface area (Å²) in [5.74, 6) is 0.0321. The molecule has 0 saturated heterocycles. The number of hydrogen-bond donors (Lipinski definition) is 2. The zero-order valence-corrected chi connectivity index (χ0v) is 20.0. The Hall–Kier alpha value is -3.68. The lowest BCUT2D eigenvalue weighted by atomic mass is 10.1. The van der Waals surface area contributed by atoms with E-state index in [0.29, 0.717) is 12.1 Å². The molecule has 1 aliphatic carbocycles. The molecule has 1 fully saturated rings. The molecule has 7 nitrogen and oxygen atoms in total. The van der Waals surface area contributed by atoms with Gasteiger partial charge in [-0.25, -0.2) is 4.39 Å². The molecular formula is C26H30FN5O2. The monoisotopic (exact) mass is 463 g/mol. The summed E-state index contributed by atoms with van der Waals surface area (Å²) in [6.45, 7) is 6.41. The van der Waals surface area contributed by atoms with Gasteiger partial charge in [0.2, 0.25) is 5.91 Å². The van der Waals surface area contributed by atoms with Gasteiger partial charge in [-0.1, -0.05) is 26.0 Å². The maximum Gasteiger partial charge on any atom is 0.258 e. The first-order valence-electron chi connectivity index (χ1n) is 11.7. The van der Waals surface area contributed by atoms with Crippen molar-refractivity contribution in [3.8, 4) is 0 Å². The van der Waals surface area contributed by atoms with Crippen LogP contribution in [0.5, 0.6) is 0 Å². The normalized spacial score (nSPS) is 14.1. The van der Waals surface area contributed by atoms with E-state index < -0.39 is 5.82 Å². The fraction of sp³-hybridized carbons (Fsp3) is 0.346. The van der Waals surface area contributed by atoms with Crippen molar-refractivity contribution in [2.45, 2.75) is 46.7 Å². The van der Waals surface area contributed by atoms with Crippen molar-refractivity contribution < 1.29 is 14.0 Å². The first-order valence-corrected chi connectivity index (χ1v) is 11.7. The Morgan fingerprint density at radius 3 is 2.65 bits per heavy atom. The maximum absolute atomic E-state index is 14.8. The molecule has 2 N–H and O–H groups in total. The SMILES string of the molecule is CC.Cc1ccc2c(c1)Nc1c(cnn1C)CN2C(=O)c1ccc(CNC(=O)C2CC2)c(F)c1. The summed E-state index contributed by atoms with van der Waals surface area (Å²) in [6, 6.07) is 10.2. The second-order valence-electron chi connectivity index (χ2n) is 8.48. The number of aryl methyl sites for hydroxylation is 2. The third-order valence-electron chi connectivity index (χ3n) is 5.99. The summed E-state index contributed by atoms with van der Waals surface area (Å²) < 4.78 is 16.5. The molecule has 0 spiro atoms. The van der Waals surface area contributed by atoms with Crippen LogP contribution in [-0.4, -0.2) is 21.6 Å². The minimum Gasteiger partial charge on any atom is -0.352 e. The minimum atomic E-state index is -0.508. The van der Waals surface area contributed by atoms with Crippen LogP contribution in [-0.2, 0) is 24.9 Å². The predicted molar refractivity (Wildman–Crippen MR) is 131 cm³/mol. The maximum atomic E-state index is 14.8. The number of benzene rings is 2. The summed E-state index contributed by atoms with van der Waals surface area (Å²) in [6.07, 6.45) is 3.52. The van der Waals surface area contributed by atoms with E-state index in [2.05, 4.69) is 15.7 Å². The lowest BCUT2D eigenvalue weighted by Crippen LogP contribution is -2.30. The van der Waals surface area contributed by atoms with Crippen LogP contribution in [0.1, 0.15) is 53.7 Å². The third kappa shape index (κ3) is 4.66. The van der Waals surface area contributed by atoms with Crippen LogP contribution in [0.2, 0.25) is 0 Å². The van der Waals surface area contributed by atoms with E-state index in [9.17, 15) is 14.0 Å². The van der Waals surface area contributed by atoms with Gasteiger partial charge in [0.1, 0.15) is 11.6 Å². The number of halogens is 1. The molecule has 34 heavy (non-hydrogen) atoms. The van der Waals surface area contributed by atoms with Crippen LogP contribution in [0.15, 0.2) is 42.6 Å². The van der Waals surface area contributed by atoms with E-state index >= 15 is 0 Å². The lowest BCUT2D eigenvalue weighted by molar-refractivity contribution is -0.122. The van der Waals surface area contributed by atoms with Crippen molar-refractivity contribution in [2.24, 2.45) is 13.0 Å². The Morgan fingerprint density at radius 2 is 1.94 bits per heavy atom. The predicted octanol–water partition coefficient (Wildman–Crippen LogP) is 4.82. The number of fused-ring (bicyclic) bond motifs is 2. The van der Waals surface area contributed by atoms with Crippen molar-refractivity contribution in [3.05, 3.63) is 70.7 Å².